The molecule has 3 heterocycles. The van der Waals surface area contributed by atoms with Crippen molar-refractivity contribution in [2.75, 3.05) is 18.1 Å². The molecule has 4 rings (SSSR count). The molecule has 34 heavy (non-hydrogen) atoms. The van der Waals surface area contributed by atoms with E-state index in [2.05, 4.69) is 15.6 Å². The van der Waals surface area contributed by atoms with E-state index in [1.54, 1.807) is 30.3 Å². The van der Waals surface area contributed by atoms with Gasteiger partial charge in [0.1, 0.15) is 5.75 Å². The molecule has 5 amide bonds. The topological polar surface area (TPSA) is 118 Å². The number of imide groups is 2. The van der Waals surface area contributed by atoms with Gasteiger partial charge in [0.2, 0.25) is 11.8 Å². The number of carbonyl (C=O) groups excluding carboxylic acids is 4. The van der Waals surface area contributed by atoms with Crippen molar-refractivity contribution in [3.8, 4) is 5.75 Å². The summed E-state index contributed by atoms with van der Waals surface area (Å²) < 4.78 is 5.78. The van der Waals surface area contributed by atoms with Gasteiger partial charge in [-0.25, -0.2) is 9.69 Å². The molecule has 176 valence electrons. The second-order valence-electron chi connectivity index (χ2n) is 7.96. The Bertz CT molecular complexity index is 1170. The molecule has 0 saturated carbocycles. The van der Waals surface area contributed by atoms with E-state index in [-0.39, 0.29) is 17.8 Å². The number of ether oxygens (including phenoxy) is 1. The number of unbranched alkanes of at least 4 members (excludes halogenated alkanes) is 1. The fourth-order valence-corrected chi connectivity index (χ4v) is 4.12. The molecule has 2 unspecified atom stereocenters. The lowest BCUT2D eigenvalue weighted by Crippen LogP contribution is -2.55. The number of nitrogens with one attached hydrogen (secondary N) is 2. The maximum Gasteiger partial charge on any atom is 0.321 e. The Labute approximate surface area is 201 Å². The lowest BCUT2D eigenvalue weighted by molar-refractivity contribution is -0.129. The normalized spacial score (nSPS) is 20.5. The van der Waals surface area contributed by atoms with Crippen LogP contribution in [0.1, 0.15) is 31.2 Å². The molecule has 0 radical (unpaired) electrons. The number of aromatic nitrogens is 1. The summed E-state index contributed by atoms with van der Waals surface area (Å²) in [6, 6.07) is 7.55. The van der Waals surface area contributed by atoms with Gasteiger partial charge in [0, 0.05) is 23.3 Å². The molecule has 2 aromatic rings. The van der Waals surface area contributed by atoms with Crippen LogP contribution in [0.25, 0.3) is 0 Å². The molecule has 2 aliphatic rings. The molecular weight excluding hydrogens is 460 g/mol. The van der Waals surface area contributed by atoms with Gasteiger partial charge in [-0.15, -0.1) is 0 Å². The third kappa shape index (κ3) is 4.79. The Morgan fingerprint density at radius 1 is 1.21 bits per heavy atom. The minimum Gasteiger partial charge on any atom is -0.494 e. The van der Waals surface area contributed by atoms with Crippen LogP contribution in [0.5, 0.6) is 5.75 Å². The van der Waals surface area contributed by atoms with Gasteiger partial charge in [-0.1, -0.05) is 31.0 Å². The van der Waals surface area contributed by atoms with Crippen molar-refractivity contribution in [1.82, 2.24) is 15.6 Å². The molecule has 2 aliphatic heterocycles. The van der Waals surface area contributed by atoms with Gasteiger partial charge in [0.05, 0.1) is 30.3 Å². The highest BCUT2D eigenvalue weighted by Gasteiger charge is 2.43. The molecule has 1 saturated heterocycles. The van der Waals surface area contributed by atoms with E-state index in [1.807, 2.05) is 6.92 Å². The van der Waals surface area contributed by atoms with E-state index in [1.165, 1.54) is 18.5 Å². The number of halogens is 1. The molecule has 2 N–H and O–H groups in total. The SMILES string of the molecule is CCCCOc1cc(Cl)cc(C2C=C(C3CNC(=O)NC3=O)C(=O)N(c3cccnc3)C2=O)c1. The van der Waals surface area contributed by atoms with Crippen LogP contribution >= 0.6 is 11.6 Å². The molecule has 10 heteroatoms. The minimum absolute atomic E-state index is 0.0645. The number of hydrogen-bond acceptors (Lipinski definition) is 6. The molecule has 2 atom stereocenters. The van der Waals surface area contributed by atoms with Gasteiger partial charge >= 0.3 is 6.03 Å². The maximum absolute atomic E-state index is 13.6. The highest BCUT2D eigenvalue weighted by atomic mass is 35.5. The summed E-state index contributed by atoms with van der Waals surface area (Å²) in [5.74, 6) is -3.13. The van der Waals surface area contributed by atoms with Crippen LogP contribution in [0.15, 0.2) is 54.4 Å². The zero-order valence-electron chi connectivity index (χ0n) is 18.4. The third-order valence-corrected chi connectivity index (χ3v) is 5.82. The van der Waals surface area contributed by atoms with E-state index >= 15 is 0 Å². The molecule has 0 bridgehead atoms. The van der Waals surface area contributed by atoms with Crippen LogP contribution in [0, 0.1) is 5.92 Å². The van der Waals surface area contributed by atoms with Gasteiger partial charge in [0.15, 0.2) is 0 Å². The van der Waals surface area contributed by atoms with Crippen molar-refractivity contribution in [3.05, 3.63) is 65.0 Å². The Hall–Kier alpha value is -3.72. The molecule has 1 aromatic carbocycles. The molecular formula is C24H23ClN4O5. The van der Waals surface area contributed by atoms with Gasteiger partial charge in [-0.3, -0.25) is 24.7 Å². The summed E-state index contributed by atoms with van der Waals surface area (Å²) in [6.45, 7) is 2.48. The Balaban J connectivity index is 1.78. The van der Waals surface area contributed by atoms with Gasteiger partial charge in [-0.2, -0.15) is 0 Å². The molecule has 1 aromatic heterocycles. The number of hydrogen-bond donors (Lipinski definition) is 2. The Kier molecular flexibility index (Phi) is 6.93. The van der Waals surface area contributed by atoms with E-state index in [0.717, 1.165) is 17.7 Å². The molecule has 0 spiro atoms. The third-order valence-electron chi connectivity index (χ3n) is 5.60. The van der Waals surface area contributed by atoms with Crippen molar-refractivity contribution in [3.63, 3.8) is 0 Å². The number of rotatable bonds is 7. The van der Waals surface area contributed by atoms with Gasteiger partial charge < -0.3 is 10.1 Å². The number of pyridine rings is 1. The average molecular weight is 483 g/mol. The zero-order chi connectivity index (χ0) is 24.2. The smallest absolute Gasteiger partial charge is 0.321 e. The van der Waals surface area contributed by atoms with Gasteiger partial charge in [0.25, 0.3) is 5.91 Å². The highest BCUT2D eigenvalue weighted by Crippen LogP contribution is 2.36. The van der Waals surface area contributed by atoms with Crippen molar-refractivity contribution in [2.45, 2.75) is 25.7 Å². The van der Waals surface area contributed by atoms with Crippen molar-refractivity contribution in [1.29, 1.82) is 0 Å². The molecule has 0 aliphatic carbocycles. The summed E-state index contributed by atoms with van der Waals surface area (Å²) >= 11 is 6.32. The monoisotopic (exact) mass is 482 g/mol. The van der Waals surface area contributed by atoms with E-state index in [9.17, 15) is 19.2 Å². The summed E-state index contributed by atoms with van der Waals surface area (Å²) in [7, 11) is 0. The second-order valence-corrected chi connectivity index (χ2v) is 8.40. The summed E-state index contributed by atoms with van der Waals surface area (Å²) in [5, 5.41) is 5.08. The van der Waals surface area contributed by atoms with Crippen LogP contribution < -0.4 is 20.3 Å². The van der Waals surface area contributed by atoms with E-state index in [0.29, 0.717) is 22.9 Å². The van der Waals surface area contributed by atoms with Gasteiger partial charge in [-0.05, 0) is 42.3 Å². The number of carbonyl (C=O) groups is 4. The van der Waals surface area contributed by atoms with Crippen LogP contribution in [0.4, 0.5) is 10.5 Å². The van der Waals surface area contributed by atoms with Crippen LogP contribution in [0.2, 0.25) is 5.02 Å². The highest BCUT2D eigenvalue weighted by molar-refractivity contribution is 6.31. The lowest BCUT2D eigenvalue weighted by Gasteiger charge is -2.33. The number of amides is 5. The average Bonchev–Trinajstić information content (AvgIpc) is 2.80. The quantitative estimate of drug-likeness (QED) is 0.462. The number of nitrogens with zero attached hydrogens (tertiary/aromatic N) is 2. The van der Waals surface area contributed by atoms with Crippen molar-refractivity contribution >= 4 is 41.0 Å². The van der Waals surface area contributed by atoms with Crippen LogP contribution in [0.3, 0.4) is 0 Å². The summed E-state index contributed by atoms with van der Waals surface area (Å²) in [5.41, 5.74) is 0.886. The van der Waals surface area contributed by atoms with Crippen LogP contribution in [-0.2, 0) is 14.4 Å². The largest absolute Gasteiger partial charge is 0.494 e. The van der Waals surface area contributed by atoms with E-state index in [4.69, 9.17) is 16.3 Å². The number of anilines is 1. The maximum atomic E-state index is 13.6. The predicted octanol–water partition coefficient (Wildman–Crippen LogP) is 2.95. The van der Waals surface area contributed by atoms with E-state index < -0.39 is 35.6 Å². The van der Waals surface area contributed by atoms with Crippen molar-refractivity contribution in [2.24, 2.45) is 5.92 Å². The fraction of sp³-hybridized carbons (Fsp3) is 0.292. The first kappa shape index (κ1) is 23.4. The van der Waals surface area contributed by atoms with Crippen LogP contribution in [-0.4, -0.2) is 41.9 Å². The number of benzene rings is 1. The van der Waals surface area contributed by atoms with Crippen molar-refractivity contribution < 1.29 is 23.9 Å². The first-order valence-corrected chi connectivity index (χ1v) is 11.3. The Morgan fingerprint density at radius 2 is 2.03 bits per heavy atom. The first-order valence-electron chi connectivity index (χ1n) is 10.9. The standard InChI is InChI=1S/C24H23ClN4O5/c1-2-3-7-34-17-9-14(8-15(25)10-17)18-11-19(20-13-27-24(33)28-21(20)30)23(32)29(22(18)31)16-5-4-6-26-12-16/h4-6,8-12,18,20H,2-3,7,13H2,1H3,(H2,27,28,30,33). The summed E-state index contributed by atoms with van der Waals surface area (Å²) in [4.78, 5) is 56.1. The fourth-order valence-electron chi connectivity index (χ4n) is 3.89. The predicted molar refractivity (Wildman–Crippen MR) is 124 cm³/mol. The molecule has 1 fully saturated rings. The summed E-state index contributed by atoms with van der Waals surface area (Å²) in [6.07, 6.45) is 6.22. The zero-order valence-corrected chi connectivity index (χ0v) is 19.2. The molecule has 9 nitrogen and oxygen atoms in total. The Morgan fingerprint density at radius 3 is 2.74 bits per heavy atom. The first-order chi connectivity index (χ1) is 16.4. The second kappa shape index (κ2) is 10.0. The minimum atomic E-state index is -0.959. The lowest BCUT2D eigenvalue weighted by atomic mass is 9.85. The number of urea groups is 1.